The molecule has 1 fully saturated rings. The Bertz CT molecular complexity index is 1010. The molecule has 6 nitrogen and oxygen atoms in total. The minimum atomic E-state index is -1.49. The second-order valence-electron chi connectivity index (χ2n) is 6.75. The number of amides is 2. The highest BCUT2D eigenvalue weighted by atomic mass is 35.5. The SMILES string of the molecule is CN1C(=O)c2ccccc2N2C(=O)CC[C@]12C(=O)OCc1ccc(Cl)c(Cl)c1. The van der Waals surface area contributed by atoms with Crippen LogP contribution in [0.25, 0.3) is 0 Å². The first-order valence-corrected chi connectivity index (χ1v) is 9.43. The number of nitrogens with zero attached hydrogens (tertiary/aromatic N) is 2. The van der Waals surface area contributed by atoms with Crippen LogP contribution >= 0.6 is 23.2 Å². The fourth-order valence-electron chi connectivity index (χ4n) is 3.78. The second-order valence-corrected chi connectivity index (χ2v) is 7.57. The summed E-state index contributed by atoms with van der Waals surface area (Å²) in [4.78, 5) is 41.4. The number of hydrogen-bond donors (Lipinski definition) is 0. The molecule has 0 aromatic heterocycles. The van der Waals surface area contributed by atoms with E-state index in [2.05, 4.69) is 0 Å². The van der Waals surface area contributed by atoms with Gasteiger partial charge in [-0.2, -0.15) is 0 Å². The van der Waals surface area contributed by atoms with Gasteiger partial charge in [0.25, 0.3) is 5.91 Å². The Morgan fingerprint density at radius 3 is 2.64 bits per heavy atom. The van der Waals surface area contributed by atoms with Crippen LogP contribution in [0.4, 0.5) is 5.69 Å². The Morgan fingerprint density at radius 1 is 1.14 bits per heavy atom. The predicted octanol–water partition coefficient (Wildman–Crippen LogP) is 3.65. The Balaban J connectivity index is 1.68. The first kappa shape index (κ1) is 18.8. The maximum absolute atomic E-state index is 13.2. The van der Waals surface area contributed by atoms with E-state index in [1.165, 1.54) is 16.8 Å². The van der Waals surface area contributed by atoms with Crippen molar-refractivity contribution >= 4 is 46.7 Å². The van der Waals surface area contributed by atoms with Gasteiger partial charge in [0.1, 0.15) is 6.61 Å². The van der Waals surface area contributed by atoms with Crippen LogP contribution in [0, 0.1) is 0 Å². The van der Waals surface area contributed by atoms with Crippen LogP contribution in [0.2, 0.25) is 10.0 Å². The van der Waals surface area contributed by atoms with E-state index in [1.807, 2.05) is 0 Å². The fourth-order valence-corrected chi connectivity index (χ4v) is 4.11. The molecule has 28 heavy (non-hydrogen) atoms. The molecule has 0 bridgehead atoms. The average molecular weight is 419 g/mol. The lowest BCUT2D eigenvalue weighted by atomic mass is 9.97. The molecule has 0 unspecified atom stereocenters. The van der Waals surface area contributed by atoms with Gasteiger partial charge in [-0.15, -0.1) is 0 Å². The van der Waals surface area contributed by atoms with E-state index in [0.29, 0.717) is 26.9 Å². The first-order chi connectivity index (χ1) is 13.4. The maximum atomic E-state index is 13.2. The van der Waals surface area contributed by atoms with E-state index >= 15 is 0 Å². The lowest BCUT2D eigenvalue weighted by molar-refractivity contribution is -0.157. The van der Waals surface area contributed by atoms with Gasteiger partial charge in [-0.1, -0.05) is 41.4 Å². The van der Waals surface area contributed by atoms with Crippen molar-refractivity contribution < 1.29 is 19.1 Å². The van der Waals surface area contributed by atoms with Crippen LogP contribution in [-0.2, 0) is 20.9 Å². The van der Waals surface area contributed by atoms with Crippen molar-refractivity contribution in [3.8, 4) is 0 Å². The van der Waals surface area contributed by atoms with Gasteiger partial charge in [-0.3, -0.25) is 14.5 Å². The molecular weight excluding hydrogens is 403 g/mol. The molecule has 8 heteroatoms. The zero-order chi connectivity index (χ0) is 20.1. The highest BCUT2D eigenvalue weighted by molar-refractivity contribution is 6.42. The number of anilines is 1. The molecule has 0 radical (unpaired) electrons. The van der Waals surface area contributed by atoms with Crippen molar-refractivity contribution in [1.82, 2.24) is 4.90 Å². The van der Waals surface area contributed by atoms with Crippen molar-refractivity contribution in [3.05, 3.63) is 63.6 Å². The van der Waals surface area contributed by atoms with Gasteiger partial charge in [0.2, 0.25) is 11.6 Å². The van der Waals surface area contributed by atoms with Gasteiger partial charge < -0.3 is 9.64 Å². The molecule has 0 spiro atoms. The second kappa shape index (κ2) is 6.79. The number of esters is 1. The number of likely N-dealkylation sites (N-methyl/N-ethyl adjacent to an activating group) is 1. The number of ether oxygens (including phenoxy) is 1. The van der Waals surface area contributed by atoms with Gasteiger partial charge in [0.05, 0.1) is 21.3 Å². The molecular formula is C20H16Cl2N2O4. The summed E-state index contributed by atoms with van der Waals surface area (Å²) >= 11 is 11.9. The van der Waals surface area contributed by atoms with Gasteiger partial charge in [0.15, 0.2) is 0 Å². The molecule has 2 aromatic rings. The molecule has 1 atom stereocenters. The Kier molecular flexibility index (Phi) is 4.56. The summed E-state index contributed by atoms with van der Waals surface area (Å²) in [5, 5.41) is 0.752. The standard InChI is InChI=1S/C20H16Cl2N2O4/c1-23-18(26)13-4-2-3-5-16(13)24-17(25)8-9-20(23,24)19(27)28-11-12-6-7-14(21)15(22)10-12/h2-7,10H,8-9,11H2,1H3/t20-/m0/s1. The fraction of sp³-hybridized carbons (Fsp3) is 0.250. The summed E-state index contributed by atoms with van der Waals surface area (Å²) < 4.78 is 5.52. The van der Waals surface area contributed by atoms with Gasteiger partial charge in [-0.25, -0.2) is 4.79 Å². The first-order valence-electron chi connectivity index (χ1n) is 8.67. The number of carbonyl (C=O) groups excluding carboxylic acids is 3. The Hall–Kier alpha value is -2.57. The van der Waals surface area contributed by atoms with E-state index in [9.17, 15) is 14.4 Å². The summed E-state index contributed by atoms with van der Waals surface area (Å²) in [6.45, 7) is -0.0524. The number of carbonyl (C=O) groups is 3. The molecule has 2 aliphatic rings. The van der Waals surface area contributed by atoms with Crippen LogP contribution in [0.1, 0.15) is 28.8 Å². The highest BCUT2D eigenvalue weighted by Crippen LogP contribution is 2.44. The molecule has 144 valence electrons. The van der Waals surface area contributed by atoms with Crippen molar-refractivity contribution in [2.45, 2.75) is 25.1 Å². The molecule has 2 heterocycles. The summed E-state index contributed by atoms with van der Waals surface area (Å²) in [6.07, 6.45) is 0.316. The number of fused-ring (bicyclic) bond motifs is 3. The zero-order valence-electron chi connectivity index (χ0n) is 14.9. The number of rotatable bonds is 3. The smallest absolute Gasteiger partial charge is 0.354 e. The highest BCUT2D eigenvalue weighted by Gasteiger charge is 2.60. The Labute approximate surface area is 171 Å². The van der Waals surface area contributed by atoms with Crippen molar-refractivity contribution in [2.75, 3.05) is 11.9 Å². The molecule has 4 rings (SSSR count). The lowest BCUT2D eigenvalue weighted by Crippen LogP contribution is -2.67. The molecule has 2 aromatic carbocycles. The topological polar surface area (TPSA) is 66.9 Å². The molecule has 1 saturated heterocycles. The Morgan fingerprint density at radius 2 is 1.89 bits per heavy atom. The van der Waals surface area contributed by atoms with Crippen molar-refractivity contribution in [1.29, 1.82) is 0 Å². The monoisotopic (exact) mass is 418 g/mol. The largest absolute Gasteiger partial charge is 0.458 e. The van der Waals surface area contributed by atoms with E-state index in [4.69, 9.17) is 27.9 Å². The van der Waals surface area contributed by atoms with Crippen LogP contribution in [0.5, 0.6) is 0 Å². The summed E-state index contributed by atoms with van der Waals surface area (Å²) in [5.41, 5.74) is -0.0217. The number of para-hydroxylation sites is 1. The van der Waals surface area contributed by atoms with Crippen LogP contribution in [-0.4, -0.2) is 35.4 Å². The lowest BCUT2D eigenvalue weighted by Gasteiger charge is -2.46. The van der Waals surface area contributed by atoms with Crippen molar-refractivity contribution in [3.63, 3.8) is 0 Å². The molecule has 0 N–H and O–H groups in total. The van der Waals surface area contributed by atoms with E-state index in [0.717, 1.165) is 0 Å². The quantitative estimate of drug-likeness (QED) is 0.713. The molecule has 0 saturated carbocycles. The number of benzene rings is 2. The third-order valence-electron chi connectivity index (χ3n) is 5.22. The molecule has 2 aliphatic heterocycles. The van der Waals surface area contributed by atoms with E-state index in [-0.39, 0.29) is 31.3 Å². The van der Waals surface area contributed by atoms with Gasteiger partial charge in [-0.05, 0) is 29.8 Å². The summed E-state index contributed by atoms with van der Waals surface area (Å²) in [7, 11) is 1.52. The number of halogens is 2. The third-order valence-corrected chi connectivity index (χ3v) is 5.96. The predicted molar refractivity (Wildman–Crippen MR) is 104 cm³/mol. The maximum Gasteiger partial charge on any atom is 0.354 e. The summed E-state index contributed by atoms with van der Waals surface area (Å²) in [6, 6.07) is 11.7. The summed E-state index contributed by atoms with van der Waals surface area (Å²) in [5.74, 6) is -1.21. The average Bonchev–Trinajstić information content (AvgIpc) is 3.05. The van der Waals surface area contributed by atoms with Crippen molar-refractivity contribution in [2.24, 2.45) is 0 Å². The van der Waals surface area contributed by atoms with Crippen LogP contribution in [0.3, 0.4) is 0 Å². The van der Waals surface area contributed by atoms with Gasteiger partial charge in [0, 0.05) is 19.9 Å². The minimum absolute atomic E-state index is 0.0524. The number of hydrogen-bond acceptors (Lipinski definition) is 4. The van der Waals surface area contributed by atoms with Crippen LogP contribution in [0.15, 0.2) is 42.5 Å². The van der Waals surface area contributed by atoms with Gasteiger partial charge >= 0.3 is 5.97 Å². The third kappa shape index (κ3) is 2.67. The van der Waals surface area contributed by atoms with E-state index in [1.54, 1.807) is 42.5 Å². The van der Waals surface area contributed by atoms with Crippen LogP contribution < -0.4 is 4.90 Å². The molecule has 0 aliphatic carbocycles. The minimum Gasteiger partial charge on any atom is -0.458 e. The molecule has 2 amide bonds. The van der Waals surface area contributed by atoms with E-state index < -0.39 is 11.6 Å². The normalized spacial score (nSPS) is 20.8. The zero-order valence-corrected chi connectivity index (χ0v) is 16.5.